The summed E-state index contributed by atoms with van der Waals surface area (Å²) >= 11 is 0. The second kappa shape index (κ2) is 4.10. The predicted molar refractivity (Wildman–Crippen MR) is 88.8 cm³/mol. The van der Waals surface area contributed by atoms with E-state index in [0.29, 0.717) is 0 Å². The smallest absolute Gasteiger partial charge is 0.0114 e. The molecule has 0 bridgehead atoms. The lowest BCUT2D eigenvalue weighted by Crippen LogP contribution is -2.14. The van der Waals surface area contributed by atoms with Gasteiger partial charge in [-0.3, -0.25) is 0 Å². The fourth-order valence-electron chi connectivity index (χ4n) is 3.74. The monoisotopic (exact) mass is 266 g/mol. The number of aryl methyl sites for hydroxylation is 2. The highest BCUT2D eigenvalue weighted by Gasteiger charge is 2.28. The third-order valence-electron chi connectivity index (χ3n) is 4.64. The molecule has 0 fully saturated rings. The first-order valence-electron chi connectivity index (χ1n) is 7.78. The van der Waals surface area contributed by atoms with E-state index in [0.717, 1.165) is 0 Å². The maximum absolute atomic E-state index is 2.35. The van der Waals surface area contributed by atoms with E-state index in [1.165, 1.54) is 29.4 Å². The van der Waals surface area contributed by atoms with Gasteiger partial charge in [0.2, 0.25) is 0 Å². The minimum atomic E-state index is 0.239. The molecule has 3 rings (SSSR count). The van der Waals surface area contributed by atoms with Crippen molar-refractivity contribution in [2.75, 3.05) is 0 Å². The number of hydrogen-bond acceptors (Lipinski definition) is 0. The normalized spacial score (nSPS) is 15.1. The molecule has 0 amide bonds. The van der Waals surface area contributed by atoms with Crippen LogP contribution in [0.5, 0.6) is 0 Å². The van der Waals surface area contributed by atoms with Crippen molar-refractivity contribution in [2.45, 2.75) is 65.2 Å². The summed E-state index contributed by atoms with van der Waals surface area (Å²) in [4.78, 5) is 0. The van der Waals surface area contributed by atoms with Crippen molar-refractivity contribution in [3.8, 4) is 0 Å². The molecule has 0 N–H and O–H groups in total. The van der Waals surface area contributed by atoms with Gasteiger partial charge >= 0.3 is 0 Å². The number of rotatable bonds is 0. The zero-order valence-corrected chi connectivity index (χ0v) is 13.7. The Balaban J connectivity index is 2.37. The van der Waals surface area contributed by atoms with E-state index in [9.17, 15) is 0 Å². The standard InChI is InChI=1S/C20H26/c1-19(2,3)16-11-7-13-8-12-17(20(4,5)6)15-10-9-14(16)18(13)15/h7-8,11-12H,9-10H2,1-6H3. The summed E-state index contributed by atoms with van der Waals surface area (Å²) in [5.74, 6) is 0. The lowest BCUT2D eigenvalue weighted by atomic mass is 9.80. The Bertz CT molecular complexity index is 619. The van der Waals surface area contributed by atoms with Crippen LogP contribution in [0.2, 0.25) is 0 Å². The first-order chi connectivity index (χ1) is 9.19. The molecule has 0 saturated carbocycles. The van der Waals surface area contributed by atoms with Gasteiger partial charge in [-0.1, -0.05) is 65.8 Å². The molecular formula is C20H26. The van der Waals surface area contributed by atoms with Crippen molar-refractivity contribution in [3.63, 3.8) is 0 Å². The lowest BCUT2D eigenvalue weighted by Gasteiger charge is -2.24. The quantitative estimate of drug-likeness (QED) is 0.588. The van der Waals surface area contributed by atoms with Crippen LogP contribution < -0.4 is 0 Å². The highest BCUT2D eigenvalue weighted by atomic mass is 14.3. The second-order valence-corrected chi connectivity index (χ2v) is 8.28. The summed E-state index contributed by atoms with van der Waals surface area (Å²) in [6, 6.07) is 9.34. The fourth-order valence-corrected chi connectivity index (χ4v) is 3.74. The van der Waals surface area contributed by atoms with Gasteiger partial charge in [0, 0.05) is 0 Å². The maximum Gasteiger partial charge on any atom is -0.0114 e. The van der Waals surface area contributed by atoms with Crippen molar-refractivity contribution in [3.05, 3.63) is 46.5 Å². The van der Waals surface area contributed by atoms with Crippen LogP contribution in [0.4, 0.5) is 0 Å². The van der Waals surface area contributed by atoms with Gasteiger partial charge in [-0.2, -0.15) is 0 Å². The van der Waals surface area contributed by atoms with Crippen LogP contribution in [-0.2, 0) is 23.7 Å². The molecular weight excluding hydrogens is 240 g/mol. The fraction of sp³-hybridized carbons (Fsp3) is 0.500. The first-order valence-corrected chi connectivity index (χ1v) is 7.78. The van der Waals surface area contributed by atoms with Crippen LogP contribution in [0.1, 0.15) is 63.8 Å². The highest BCUT2D eigenvalue weighted by molar-refractivity contribution is 5.93. The third-order valence-corrected chi connectivity index (χ3v) is 4.64. The predicted octanol–water partition coefficient (Wildman–Crippen LogP) is 5.53. The van der Waals surface area contributed by atoms with Crippen molar-refractivity contribution in [1.29, 1.82) is 0 Å². The average molecular weight is 266 g/mol. The SMILES string of the molecule is CC(C)(C)c1ccc2ccc(C(C)(C)C)c3c2c1CC3. The Morgan fingerprint density at radius 3 is 1.40 bits per heavy atom. The van der Waals surface area contributed by atoms with Gasteiger partial charge in [0.1, 0.15) is 0 Å². The van der Waals surface area contributed by atoms with Gasteiger partial charge in [-0.25, -0.2) is 0 Å². The molecule has 0 heterocycles. The third kappa shape index (κ3) is 1.97. The molecule has 0 heteroatoms. The summed E-state index contributed by atoms with van der Waals surface area (Å²) in [7, 11) is 0. The minimum absolute atomic E-state index is 0.239. The molecule has 0 spiro atoms. The second-order valence-electron chi connectivity index (χ2n) is 8.28. The van der Waals surface area contributed by atoms with E-state index in [4.69, 9.17) is 0 Å². The Morgan fingerprint density at radius 2 is 1.05 bits per heavy atom. The molecule has 0 nitrogen and oxygen atoms in total. The van der Waals surface area contributed by atoms with Crippen LogP contribution in [-0.4, -0.2) is 0 Å². The molecule has 2 aromatic rings. The molecule has 0 saturated heterocycles. The van der Waals surface area contributed by atoms with Gasteiger partial charge in [0.25, 0.3) is 0 Å². The number of benzene rings is 2. The largest absolute Gasteiger partial charge is 0.0576 e. The van der Waals surface area contributed by atoms with Crippen LogP contribution in [0, 0.1) is 0 Å². The minimum Gasteiger partial charge on any atom is -0.0576 e. The van der Waals surface area contributed by atoms with Crippen molar-refractivity contribution >= 4 is 10.8 Å². The van der Waals surface area contributed by atoms with Crippen molar-refractivity contribution in [2.24, 2.45) is 0 Å². The number of hydrogen-bond donors (Lipinski definition) is 0. The summed E-state index contributed by atoms with van der Waals surface area (Å²) in [6.07, 6.45) is 2.43. The summed E-state index contributed by atoms with van der Waals surface area (Å²) in [5.41, 5.74) is 6.77. The van der Waals surface area contributed by atoms with Crippen LogP contribution >= 0.6 is 0 Å². The zero-order chi connectivity index (χ0) is 14.7. The van der Waals surface area contributed by atoms with E-state index in [1.54, 1.807) is 16.5 Å². The summed E-state index contributed by atoms with van der Waals surface area (Å²) < 4.78 is 0. The maximum atomic E-state index is 2.35. The summed E-state index contributed by atoms with van der Waals surface area (Å²) in [5, 5.41) is 2.98. The van der Waals surface area contributed by atoms with E-state index in [2.05, 4.69) is 65.8 Å². The van der Waals surface area contributed by atoms with Crippen LogP contribution in [0.3, 0.4) is 0 Å². The van der Waals surface area contributed by atoms with Crippen molar-refractivity contribution in [1.82, 2.24) is 0 Å². The van der Waals surface area contributed by atoms with Crippen LogP contribution in [0.15, 0.2) is 24.3 Å². The van der Waals surface area contributed by atoms with E-state index >= 15 is 0 Å². The van der Waals surface area contributed by atoms with E-state index in [-0.39, 0.29) is 10.8 Å². The molecule has 2 aromatic carbocycles. The average Bonchev–Trinajstić information content (AvgIpc) is 2.73. The van der Waals surface area contributed by atoms with Gasteiger partial charge in [-0.05, 0) is 56.7 Å². The molecule has 1 aliphatic rings. The molecule has 0 atom stereocenters. The van der Waals surface area contributed by atoms with Gasteiger partial charge in [0.05, 0.1) is 0 Å². The molecule has 0 radical (unpaired) electrons. The van der Waals surface area contributed by atoms with Gasteiger partial charge < -0.3 is 0 Å². The molecule has 0 aromatic heterocycles. The first kappa shape index (κ1) is 13.7. The zero-order valence-electron chi connectivity index (χ0n) is 13.7. The van der Waals surface area contributed by atoms with Crippen molar-refractivity contribution < 1.29 is 0 Å². The highest BCUT2D eigenvalue weighted by Crippen LogP contribution is 2.41. The Labute approximate surface area is 123 Å². The lowest BCUT2D eigenvalue weighted by molar-refractivity contribution is 0.582. The van der Waals surface area contributed by atoms with Gasteiger partial charge in [0.15, 0.2) is 0 Å². The van der Waals surface area contributed by atoms with Crippen LogP contribution in [0.25, 0.3) is 10.8 Å². The molecule has 106 valence electrons. The van der Waals surface area contributed by atoms with E-state index < -0.39 is 0 Å². The summed E-state index contributed by atoms with van der Waals surface area (Å²) in [6.45, 7) is 14.0. The Kier molecular flexibility index (Phi) is 2.80. The molecule has 20 heavy (non-hydrogen) atoms. The van der Waals surface area contributed by atoms with Gasteiger partial charge in [-0.15, -0.1) is 0 Å². The molecule has 0 aliphatic heterocycles. The Hall–Kier alpha value is -1.30. The topological polar surface area (TPSA) is 0 Å². The van der Waals surface area contributed by atoms with E-state index in [1.807, 2.05) is 0 Å². The Morgan fingerprint density at radius 1 is 0.650 bits per heavy atom. The molecule has 0 unspecified atom stereocenters. The molecule has 1 aliphatic carbocycles.